The van der Waals surface area contributed by atoms with Gasteiger partial charge in [0, 0.05) is 11.6 Å². The van der Waals surface area contributed by atoms with Crippen molar-refractivity contribution in [1.82, 2.24) is 4.72 Å². The van der Waals surface area contributed by atoms with Crippen LogP contribution in [0.15, 0.2) is 29.2 Å². The summed E-state index contributed by atoms with van der Waals surface area (Å²) < 4.78 is 30.6. The lowest BCUT2D eigenvalue weighted by atomic mass is 10.4. The van der Waals surface area contributed by atoms with Gasteiger partial charge in [-0.05, 0) is 38.1 Å². The number of carbonyl (C=O) groups is 1. The van der Waals surface area contributed by atoms with Crippen molar-refractivity contribution < 1.29 is 17.9 Å². The van der Waals surface area contributed by atoms with Gasteiger partial charge < -0.3 is 4.74 Å². The Morgan fingerprint density at radius 2 is 1.94 bits per heavy atom. The highest BCUT2D eigenvalue weighted by Gasteiger charge is 2.21. The van der Waals surface area contributed by atoms with Crippen molar-refractivity contribution in [3.8, 4) is 0 Å². The molecule has 0 saturated carbocycles. The molecule has 18 heavy (non-hydrogen) atoms. The van der Waals surface area contributed by atoms with Crippen LogP contribution in [0.1, 0.15) is 13.8 Å². The quantitative estimate of drug-likeness (QED) is 0.894. The van der Waals surface area contributed by atoms with Crippen molar-refractivity contribution in [1.29, 1.82) is 0 Å². The van der Waals surface area contributed by atoms with E-state index < -0.39 is 22.0 Å². The van der Waals surface area contributed by atoms with E-state index in [1.54, 1.807) is 6.92 Å². The minimum absolute atomic E-state index is 0.0241. The van der Waals surface area contributed by atoms with Gasteiger partial charge >= 0.3 is 0 Å². The molecule has 100 valence electrons. The summed E-state index contributed by atoms with van der Waals surface area (Å²) in [5, 5.41) is 0.419. The standard InChI is InChI=1S/C11H14ClNO4S/c1-3-17-8(2)11(14)13-18(15,16)10-6-4-9(12)5-7-10/h4-8H,3H2,1-2H3,(H,13,14). The van der Waals surface area contributed by atoms with Gasteiger partial charge in [-0.15, -0.1) is 0 Å². The van der Waals surface area contributed by atoms with Crippen molar-refractivity contribution >= 4 is 27.5 Å². The third-order valence-corrected chi connectivity index (χ3v) is 3.76. The largest absolute Gasteiger partial charge is 0.369 e. The molecule has 7 heteroatoms. The first-order chi connectivity index (χ1) is 8.36. The van der Waals surface area contributed by atoms with Gasteiger partial charge in [-0.25, -0.2) is 13.1 Å². The number of benzene rings is 1. The first kappa shape index (κ1) is 14.9. The van der Waals surface area contributed by atoms with E-state index in [4.69, 9.17) is 16.3 Å². The number of nitrogens with one attached hydrogen (secondary N) is 1. The van der Waals surface area contributed by atoms with Crippen LogP contribution < -0.4 is 4.72 Å². The molecule has 1 N–H and O–H groups in total. The van der Waals surface area contributed by atoms with Crippen LogP contribution in [-0.4, -0.2) is 27.0 Å². The zero-order valence-electron chi connectivity index (χ0n) is 10.0. The van der Waals surface area contributed by atoms with E-state index in [1.165, 1.54) is 31.2 Å². The highest BCUT2D eigenvalue weighted by Crippen LogP contribution is 2.13. The van der Waals surface area contributed by atoms with Gasteiger partial charge in [-0.3, -0.25) is 4.79 Å². The maximum Gasteiger partial charge on any atom is 0.264 e. The molecule has 5 nitrogen and oxygen atoms in total. The Hall–Kier alpha value is -1.11. The maximum atomic E-state index is 11.8. The van der Waals surface area contributed by atoms with Crippen molar-refractivity contribution in [3.63, 3.8) is 0 Å². The van der Waals surface area contributed by atoms with E-state index in [0.29, 0.717) is 11.6 Å². The molecule has 1 rings (SSSR count). The van der Waals surface area contributed by atoms with Gasteiger partial charge in [0.1, 0.15) is 6.10 Å². The van der Waals surface area contributed by atoms with Crippen LogP contribution in [0.5, 0.6) is 0 Å². The summed E-state index contributed by atoms with van der Waals surface area (Å²) in [6, 6.07) is 5.52. The highest BCUT2D eigenvalue weighted by molar-refractivity contribution is 7.90. The summed E-state index contributed by atoms with van der Waals surface area (Å²) in [6.45, 7) is 3.53. The lowest BCUT2D eigenvalue weighted by Crippen LogP contribution is -2.38. The monoisotopic (exact) mass is 291 g/mol. The molecule has 0 aromatic heterocycles. The molecule has 0 heterocycles. The maximum absolute atomic E-state index is 11.8. The van der Waals surface area contributed by atoms with Gasteiger partial charge in [0.05, 0.1) is 4.90 Å². The minimum Gasteiger partial charge on any atom is -0.369 e. The van der Waals surface area contributed by atoms with Crippen LogP contribution in [0.2, 0.25) is 5.02 Å². The van der Waals surface area contributed by atoms with Crippen LogP contribution >= 0.6 is 11.6 Å². The van der Waals surface area contributed by atoms with E-state index in [1.807, 2.05) is 4.72 Å². The Labute approximate surface area is 111 Å². The molecular formula is C11H14ClNO4S. The zero-order chi connectivity index (χ0) is 13.8. The molecule has 0 saturated heterocycles. The lowest BCUT2D eigenvalue weighted by molar-refractivity contribution is -0.129. The molecule has 1 aromatic rings. The van der Waals surface area contributed by atoms with Crippen molar-refractivity contribution in [2.45, 2.75) is 24.8 Å². The van der Waals surface area contributed by atoms with E-state index in [-0.39, 0.29) is 4.90 Å². The Morgan fingerprint density at radius 3 is 2.44 bits per heavy atom. The summed E-state index contributed by atoms with van der Waals surface area (Å²) in [6.07, 6.45) is -0.822. The van der Waals surface area contributed by atoms with Gasteiger partial charge in [0.15, 0.2) is 0 Å². The van der Waals surface area contributed by atoms with Crippen LogP contribution in [0.4, 0.5) is 0 Å². The molecule has 0 aliphatic heterocycles. The molecule has 1 aromatic carbocycles. The molecule has 0 radical (unpaired) electrons. The average molecular weight is 292 g/mol. The van der Waals surface area contributed by atoms with Gasteiger partial charge in [-0.2, -0.15) is 0 Å². The second-order valence-electron chi connectivity index (χ2n) is 3.52. The third-order valence-electron chi connectivity index (χ3n) is 2.14. The van der Waals surface area contributed by atoms with E-state index in [0.717, 1.165) is 0 Å². The second-order valence-corrected chi connectivity index (χ2v) is 5.64. The van der Waals surface area contributed by atoms with Gasteiger partial charge in [-0.1, -0.05) is 11.6 Å². The van der Waals surface area contributed by atoms with Crippen LogP contribution in [0.25, 0.3) is 0 Å². The van der Waals surface area contributed by atoms with Crippen LogP contribution in [-0.2, 0) is 19.6 Å². The predicted octanol–water partition coefficient (Wildman–Crippen LogP) is 1.57. The number of sulfonamides is 1. The minimum atomic E-state index is -3.88. The van der Waals surface area contributed by atoms with E-state index in [9.17, 15) is 13.2 Å². The smallest absolute Gasteiger partial charge is 0.264 e. The number of hydrogen-bond acceptors (Lipinski definition) is 4. The Morgan fingerprint density at radius 1 is 1.39 bits per heavy atom. The van der Waals surface area contributed by atoms with Gasteiger partial charge in [0.25, 0.3) is 15.9 Å². The van der Waals surface area contributed by atoms with Crippen molar-refractivity contribution in [2.75, 3.05) is 6.61 Å². The highest BCUT2D eigenvalue weighted by atomic mass is 35.5. The molecule has 0 aliphatic carbocycles. The number of hydrogen-bond donors (Lipinski definition) is 1. The second kappa shape index (κ2) is 6.17. The van der Waals surface area contributed by atoms with Gasteiger partial charge in [0.2, 0.25) is 0 Å². The molecular weight excluding hydrogens is 278 g/mol. The summed E-state index contributed by atoms with van der Waals surface area (Å²) >= 11 is 5.66. The van der Waals surface area contributed by atoms with E-state index in [2.05, 4.69) is 0 Å². The number of ether oxygens (including phenoxy) is 1. The fourth-order valence-electron chi connectivity index (χ4n) is 1.21. The van der Waals surface area contributed by atoms with Crippen molar-refractivity contribution in [2.24, 2.45) is 0 Å². The molecule has 0 spiro atoms. The van der Waals surface area contributed by atoms with Crippen LogP contribution in [0, 0.1) is 0 Å². The average Bonchev–Trinajstić information content (AvgIpc) is 2.29. The number of carbonyl (C=O) groups excluding carboxylic acids is 1. The fourth-order valence-corrected chi connectivity index (χ4v) is 2.38. The summed E-state index contributed by atoms with van der Waals surface area (Å²) in [7, 11) is -3.88. The molecule has 1 unspecified atom stereocenters. The van der Waals surface area contributed by atoms with Crippen molar-refractivity contribution in [3.05, 3.63) is 29.3 Å². The summed E-state index contributed by atoms with van der Waals surface area (Å²) in [4.78, 5) is 11.5. The lowest BCUT2D eigenvalue weighted by Gasteiger charge is -2.12. The number of halogens is 1. The Kier molecular flexibility index (Phi) is 5.13. The summed E-state index contributed by atoms with van der Waals surface area (Å²) in [5.41, 5.74) is 0. The number of amides is 1. The third kappa shape index (κ3) is 3.97. The first-order valence-corrected chi connectivity index (χ1v) is 7.16. The molecule has 1 atom stereocenters. The topological polar surface area (TPSA) is 72.5 Å². The predicted molar refractivity (Wildman–Crippen MR) is 67.9 cm³/mol. The number of rotatable bonds is 5. The summed E-state index contributed by atoms with van der Waals surface area (Å²) in [5.74, 6) is -0.702. The Balaban J connectivity index is 2.82. The fraction of sp³-hybridized carbons (Fsp3) is 0.364. The molecule has 0 fully saturated rings. The first-order valence-electron chi connectivity index (χ1n) is 5.30. The SMILES string of the molecule is CCOC(C)C(=O)NS(=O)(=O)c1ccc(Cl)cc1. The van der Waals surface area contributed by atoms with E-state index >= 15 is 0 Å². The van der Waals surface area contributed by atoms with Crippen LogP contribution in [0.3, 0.4) is 0 Å². The molecule has 1 amide bonds. The Bertz CT molecular complexity index is 512. The normalized spacial score (nSPS) is 13.1. The molecule has 0 aliphatic rings. The zero-order valence-corrected chi connectivity index (χ0v) is 11.6. The molecule has 0 bridgehead atoms.